The molecule has 7 nitrogen and oxygen atoms in total. The van der Waals surface area contributed by atoms with Crippen LogP contribution in [0.25, 0.3) is 11.3 Å². The molecular formula is C25H33ClN4O3. The number of pyridine rings is 2. The van der Waals surface area contributed by atoms with Gasteiger partial charge in [-0.05, 0) is 42.9 Å². The predicted octanol–water partition coefficient (Wildman–Crippen LogP) is 3.76. The molecule has 2 saturated heterocycles. The number of ketones is 1. The Balaban J connectivity index is 1.43. The first-order valence-electron chi connectivity index (χ1n) is 11.6. The first-order chi connectivity index (χ1) is 16.0. The number of anilines is 1. The summed E-state index contributed by atoms with van der Waals surface area (Å²) in [7, 11) is 1.68. The number of carbonyl (C=O) groups excluding carboxylic acids is 1. The molecule has 2 N–H and O–H groups in total. The fourth-order valence-electron chi connectivity index (χ4n) is 4.52. The Hall–Kier alpha value is -2.06. The summed E-state index contributed by atoms with van der Waals surface area (Å²) in [6, 6.07) is 8.00. The molecule has 0 unspecified atom stereocenters. The van der Waals surface area contributed by atoms with Crippen molar-refractivity contribution >= 4 is 23.2 Å². The summed E-state index contributed by atoms with van der Waals surface area (Å²) in [5, 5.41) is 7.36. The van der Waals surface area contributed by atoms with E-state index in [1.165, 1.54) is 0 Å². The monoisotopic (exact) mass is 472 g/mol. The zero-order valence-electron chi connectivity index (χ0n) is 19.4. The first-order valence-corrected chi connectivity index (χ1v) is 12.0. The average Bonchev–Trinajstić information content (AvgIpc) is 3.29. The van der Waals surface area contributed by atoms with Gasteiger partial charge in [0.1, 0.15) is 11.6 Å². The van der Waals surface area contributed by atoms with Crippen molar-refractivity contribution in [3.05, 3.63) is 41.2 Å². The average molecular weight is 473 g/mol. The second-order valence-corrected chi connectivity index (χ2v) is 9.88. The van der Waals surface area contributed by atoms with E-state index < -0.39 is 0 Å². The molecular weight excluding hydrogens is 440 g/mol. The van der Waals surface area contributed by atoms with Gasteiger partial charge in [0.25, 0.3) is 0 Å². The summed E-state index contributed by atoms with van der Waals surface area (Å²) < 4.78 is 10.7. The highest BCUT2D eigenvalue weighted by Crippen LogP contribution is 2.31. The van der Waals surface area contributed by atoms with Gasteiger partial charge >= 0.3 is 0 Å². The van der Waals surface area contributed by atoms with E-state index in [2.05, 4.69) is 22.5 Å². The third kappa shape index (κ3) is 6.29. The molecule has 2 aliphatic heterocycles. The SMILES string of the molecule is COC[C@H]1C[C@@H](C(=O)Cc2cc(-c3cccc(NCC4(C)CCOCC4)n3)c(Cl)cn2)CN1. The molecule has 2 aromatic heterocycles. The molecule has 0 bridgehead atoms. The van der Waals surface area contributed by atoms with Gasteiger partial charge < -0.3 is 20.1 Å². The molecule has 2 atom stereocenters. The summed E-state index contributed by atoms with van der Waals surface area (Å²) >= 11 is 6.48. The molecule has 0 spiro atoms. The minimum Gasteiger partial charge on any atom is -0.383 e. The number of ether oxygens (including phenoxy) is 2. The zero-order chi connectivity index (χ0) is 23.3. The van der Waals surface area contributed by atoms with Gasteiger partial charge in [0.15, 0.2) is 0 Å². The smallest absolute Gasteiger partial charge is 0.143 e. The lowest BCUT2D eigenvalue weighted by Gasteiger charge is -2.33. The van der Waals surface area contributed by atoms with Gasteiger partial charge in [-0.15, -0.1) is 0 Å². The van der Waals surface area contributed by atoms with E-state index in [1.54, 1.807) is 13.3 Å². The van der Waals surface area contributed by atoms with E-state index in [0.717, 1.165) is 56.1 Å². The van der Waals surface area contributed by atoms with Crippen molar-refractivity contribution in [2.75, 3.05) is 45.3 Å². The number of methoxy groups -OCH3 is 1. The second-order valence-electron chi connectivity index (χ2n) is 9.48. The Bertz CT molecular complexity index is 964. The summed E-state index contributed by atoms with van der Waals surface area (Å²) in [5.74, 6) is 0.991. The van der Waals surface area contributed by atoms with Crippen LogP contribution < -0.4 is 10.6 Å². The third-order valence-corrected chi connectivity index (χ3v) is 7.03. The number of carbonyl (C=O) groups is 1. The van der Waals surface area contributed by atoms with Crippen molar-refractivity contribution in [1.82, 2.24) is 15.3 Å². The maximum Gasteiger partial charge on any atom is 0.143 e. The van der Waals surface area contributed by atoms with E-state index in [1.807, 2.05) is 24.3 Å². The molecule has 0 amide bonds. The summed E-state index contributed by atoms with van der Waals surface area (Å²) in [4.78, 5) is 22.0. The fraction of sp³-hybridized carbons (Fsp3) is 0.560. The third-order valence-electron chi connectivity index (χ3n) is 6.73. The molecule has 33 heavy (non-hydrogen) atoms. The maximum atomic E-state index is 12.8. The van der Waals surface area contributed by atoms with Crippen molar-refractivity contribution in [3.8, 4) is 11.3 Å². The number of Topliss-reactive ketones (excluding diaryl/α,β-unsaturated/α-hetero) is 1. The number of hydrogen-bond acceptors (Lipinski definition) is 7. The van der Waals surface area contributed by atoms with Gasteiger partial charge in [-0.3, -0.25) is 9.78 Å². The highest BCUT2D eigenvalue weighted by Gasteiger charge is 2.30. The normalized spacial score (nSPS) is 22.3. The predicted molar refractivity (Wildman–Crippen MR) is 130 cm³/mol. The molecule has 8 heteroatoms. The van der Waals surface area contributed by atoms with Crippen LogP contribution in [-0.2, 0) is 20.7 Å². The van der Waals surface area contributed by atoms with E-state index in [0.29, 0.717) is 23.9 Å². The molecule has 0 radical (unpaired) electrons. The van der Waals surface area contributed by atoms with E-state index in [4.69, 9.17) is 26.1 Å². The number of hydrogen-bond donors (Lipinski definition) is 2. The molecule has 2 fully saturated rings. The Kier molecular flexibility index (Phi) is 7.96. The van der Waals surface area contributed by atoms with E-state index in [-0.39, 0.29) is 29.6 Å². The Morgan fingerprint density at radius 2 is 2.18 bits per heavy atom. The Morgan fingerprint density at radius 3 is 2.97 bits per heavy atom. The topological polar surface area (TPSA) is 85.4 Å². The summed E-state index contributed by atoms with van der Waals surface area (Å²) in [6.45, 7) is 6.06. The minimum absolute atomic E-state index is 0.0108. The van der Waals surface area contributed by atoms with Crippen LogP contribution in [0.4, 0.5) is 5.82 Å². The molecule has 178 valence electrons. The van der Waals surface area contributed by atoms with Crippen molar-refractivity contribution < 1.29 is 14.3 Å². The first kappa shape index (κ1) is 24.1. The number of halogens is 1. The van der Waals surface area contributed by atoms with Crippen LogP contribution in [0.2, 0.25) is 5.02 Å². The minimum atomic E-state index is -0.0108. The van der Waals surface area contributed by atoms with Crippen LogP contribution in [0.5, 0.6) is 0 Å². The quantitative estimate of drug-likeness (QED) is 0.574. The van der Waals surface area contributed by atoms with Gasteiger partial charge in [-0.25, -0.2) is 4.98 Å². The summed E-state index contributed by atoms with van der Waals surface area (Å²) in [6.07, 6.45) is 4.78. The van der Waals surface area contributed by atoms with Crippen molar-refractivity contribution in [2.24, 2.45) is 11.3 Å². The van der Waals surface area contributed by atoms with Crippen LogP contribution in [0.15, 0.2) is 30.5 Å². The van der Waals surface area contributed by atoms with Crippen LogP contribution in [-0.4, -0.2) is 61.8 Å². The van der Waals surface area contributed by atoms with Gasteiger partial charge in [-0.2, -0.15) is 0 Å². The molecule has 2 aliphatic rings. The highest BCUT2D eigenvalue weighted by molar-refractivity contribution is 6.33. The van der Waals surface area contributed by atoms with Gasteiger partial charge in [-0.1, -0.05) is 24.6 Å². The van der Waals surface area contributed by atoms with Crippen molar-refractivity contribution in [1.29, 1.82) is 0 Å². The Morgan fingerprint density at radius 1 is 1.36 bits per heavy atom. The lowest BCUT2D eigenvalue weighted by atomic mass is 9.82. The summed E-state index contributed by atoms with van der Waals surface area (Å²) in [5.41, 5.74) is 2.47. The van der Waals surface area contributed by atoms with Crippen LogP contribution in [0, 0.1) is 11.3 Å². The molecule has 2 aromatic rings. The number of nitrogens with one attached hydrogen (secondary N) is 2. The molecule has 4 rings (SSSR count). The number of rotatable bonds is 9. The molecule has 4 heterocycles. The number of nitrogens with zero attached hydrogens (tertiary/aromatic N) is 2. The van der Waals surface area contributed by atoms with Gasteiger partial charge in [0.05, 0.1) is 17.3 Å². The zero-order valence-corrected chi connectivity index (χ0v) is 20.2. The standard InChI is InChI=1S/C25H33ClN4O3/c1-25(6-8-33-9-7-25)16-29-24-5-3-4-22(30-24)20-11-18(28-14-21(20)26)12-23(31)17-10-19(15-32-2)27-13-17/h3-5,11,14,17,19,27H,6-10,12-13,15-16H2,1-2H3,(H,29,30)/t17-,19-/m1/s1. The van der Waals surface area contributed by atoms with Crippen LogP contribution >= 0.6 is 11.6 Å². The lowest BCUT2D eigenvalue weighted by Crippen LogP contribution is -2.33. The van der Waals surface area contributed by atoms with Gasteiger partial charge in [0, 0.05) is 69.2 Å². The van der Waals surface area contributed by atoms with E-state index >= 15 is 0 Å². The lowest BCUT2D eigenvalue weighted by molar-refractivity contribution is -0.121. The van der Waals surface area contributed by atoms with Crippen LogP contribution in [0.3, 0.4) is 0 Å². The molecule has 0 aromatic carbocycles. The van der Waals surface area contributed by atoms with E-state index in [9.17, 15) is 4.79 Å². The van der Waals surface area contributed by atoms with Gasteiger partial charge in [0.2, 0.25) is 0 Å². The maximum absolute atomic E-state index is 12.8. The Labute approximate surface area is 200 Å². The van der Waals surface area contributed by atoms with Crippen molar-refractivity contribution in [2.45, 2.75) is 38.6 Å². The number of aromatic nitrogens is 2. The highest BCUT2D eigenvalue weighted by atomic mass is 35.5. The van der Waals surface area contributed by atoms with Crippen molar-refractivity contribution in [3.63, 3.8) is 0 Å². The second kappa shape index (κ2) is 10.9. The fourth-order valence-corrected chi connectivity index (χ4v) is 4.72. The van der Waals surface area contributed by atoms with Crippen LogP contribution in [0.1, 0.15) is 31.9 Å². The molecule has 0 saturated carbocycles. The largest absolute Gasteiger partial charge is 0.383 e. The molecule has 0 aliphatic carbocycles.